The van der Waals surface area contributed by atoms with Crippen LogP contribution in [0.3, 0.4) is 0 Å². The number of fused-ring (bicyclic) bond motifs is 1. The number of esters is 1. The zero-order valence-corrected chi connectivity index (χ0v) is 17.8. The fraction of sp³-hybridized carbons (Fsp3) is 0.619. The number of nitrogens with two attached hydrogens (primary N) is 1. The first-order chi connectivity index (χ1) is 13.8. The molecule has 1 heterocycles. The molecule has 1 aliphatic heterocycles. The number of likely N-dealkylation sites (N-methyl/N-ethyl adjacent to an activating group) is 1. The minimum Gasteiger partial charge on any atom is -0.454 e. The van der Waals surface area contributed by atoms with E-state index < -0.39 is 24.4 Å². The Morgan fingerprint density at radius 3 is 2.48 bits per heavy atom. The summed E-state index contributed by atoms with van der Waals surface area (Å²) in [6.45, 7) is 9.81. The Morgan fingerprint density at radius 1 is 1.14 bits per heavy atom. The molecule has 0 bridgehead atoms. The fourth-order valence-corrected chi connectivity index (χ4v) is 3.10. The molecule has 0 saturated heterocycles. The van der Waals surface area contributed by atoms with Crippen LogP contribution in [0.15, 0.2) is 18.2 Å². The van der Waals surface area contributed by atoms with Gasteiger partial charge < -0.3 is 29.6 Å². The van der Waals surface area contributed by atoms with Gasteiger partial charge in [-0.3, -0.25) is 4.79 Å². The van der Waals surface area contributed by atoms with Crippen LogP contribution < -0.4 is 15.2 Å². The van der Waals surface area contributed by atoms with Crippen LogP contribution in [0.1, 0.15) is 46.6 Å². The molecule has 8 nitrogen and oxygen atoms in total. The highest BCUT2D eigenvalue weighted by atomic mass is 16.7. The van der Waals surface area contributed by atoms with Crippen LogP contribution in [-0.2, 0) is 20.7 Å². The van der Waals surface area contributed by atoms with E-state index in [9.17, 15) is 9.59 Å². The SMILES string of the molecule is CCC(C)C(N)C(=O)OC(C)OC(=O)N(CC)C(C)Cc1ccc2c(c1)OCO2. The predicted molar refractivity (Wildman–Crippen MR) is 108 cm³/mol. The number of carbonyl (C=O) groups excluding carboxylic acids is 2. The second kappa shape index (κ2) is 10.3. The lowest BCUT2D eigenvalue weighted by Crippen LogP contribution is -2.43. The van der Waals surface area contributed by atoms with Crippen molar-refractivity contribution in [3.8, 4) is 11.5 Å². The predicted octanol–water partition coefficient (Wildman–Crippen LogP) is 3.07. The highest BCUT2D eigenvalue weighted by molar-refractivity contribution is 5.76. The van der Waals surface area contributed by atoms with Gasteiger partial charge in [-0.25, -0.2) is 4.79 Å². The molecule has 2 N–H and O–H groups in total. The van der Waals surface area contributed by atoms with Gasteiger partial charge in [0.15, 0.2) is 11.5 Å². The zero-order chi connectivity index (χ0) is 21.6. The van der Waals surface area contributed by atoms with Crippen molar-refractivity contribution >= 4 is 12.1 Å². The van der Waals surface area contributed by atoms with Crippen molar-refractivity contribution in [3.05, 3.63) is 23.8 Å². The van der Waals surface area contributed by atoms with E-state index in [1.807, 2.05) is 45.9 Å². The first kappa shape index (κ1) is 22.8. The summed E-state index contributed by atoms with van der Waals surface area (Å²) in [6, 6.07) is 4.86. The monoisotopic (exact) mass is 408 g/mol. The van der Waals surface area contributed by atoms with E-state index in [-0.39, 0.29) is 18.8 Å². The van der Waals surface area contributed by atoms with Crippen molar-refractivity contribution in [2.24, 2.45) is 11.7 Å². The lowest BCUT2D eigenvalue weighted by Gasteiger charge is -2.29. The van der Waals surface area contributed by atoms with Crippen LogP contribution in [0.2, 0.25) is 0 Å². The molecule has 1 aromatic rings. The number of nitrogens with zero attached hydrogens (tertiary/aromatic N) is 1. The number of hydrogen-bond acceptors (Lipinski definition) is 7. The standard InChI is InChI=1S/C21H32N2O6/c1-6-13(3)19(22)20(24)28-15(5)29-21(25)23(7-2)14(4)10-16-8-9-17-18(11-16)27-12-26-17/h8-9,11,13-15,19H,6-7,10,12,22H2,1-5H3. The Kier molecular flexibility index (Phi) is 8.13. The first-order valence-corrected chi connectivity index (χ1v) is 10.1. The second-order valence-electron chi connectivity index (χ2n) is 7.33. The van der Waals surface area contributed by atoms with Crippen molar-refractivity contribution in [1.82, 2.24) is 4.90 Å². The quantitative estimate of drug-likeness (QED) is 0.495. The third-order valence-corrected chi connectivity index (χ3v) is 5.15. The van der Waals surface area contributed by atoms with Crippen molar-refractivity contribution < 1.29 is 28.5 Å². The van der Waals surface area contributed by atoms with Crippen LogP contribution in [0.25, 0.3) is 0 Å². The van der Waals surface area contributed by atoms with Crippen LogP contribution in [-0.4, -0.2) is 48.7 Å². The van der Waals surface area contributed by atoms with E-state index in [2.05, 4.69) is 0 Å². The summed E-state index contributed by atoms with van der Waals surface area (Å²) in [5.41, 5.74) is 6.88. The Labute approximate surface area is 172 Å². The summed E-state index contributed by atoms with van der Waals surface area (Å²) in [6.07, 6.45) is -0.187. The lowest BCUT2D eigenvalue weighted by molar-refractivity contribution is -0.169. The fourth-order valence-electron chi connectivity index (χ4n) is 3.10. The van der Waals surface area contributed by atoms with Gasteiger partial charge in [0.25, 0.3) is 0 Å². The van der Waals surface area contributed by atoms with E-state index in [4.69, 9.17) is 24.7 Å². The Morgan fingerprint density at radius 2 is 1.83 bits per heavy atom. The molecule has 29 heavy (non-hydrogen) atoms. The number of hydrogen-bond donors (Lipinski definition) is 1. The molecule has 1 amide bonds. The zero-order valence-electron chi connectivity index (χ0n) is 17.8. The molecule has 0 fully saturated rings. The summed E-state index contributed by atoms with van der Waals surface area (Å²) in [7, 11) is 0. The smallest absolute Gasteiger partial charge is 0.413 e. The summed E-state index contributed by atoms with van der Waals surface area (Å²) >= 11 is 0. The van der Waals surface area contributed by atoms with Gasteiger partial charge in [0.2, 0.25) is 13.1 Å². The van der Waals surface area contributed by atoms with E-state index in [1.165, 1.54) is 6.92 Å². The maximum atomic E-state index is 12.6. The summed E-state index contributed by atoms with van der Waals surface area (Å²) in [4.78, 5) is 26.2. The van der Waals surface area contributed by atoms with E-state index >= 15 is 0 Å². The van der Waals surface area contributed by atoms with Gasteiger partial charge in [-0.1, -0.05) is 26.3 Å². The van der Waals surface area contributed by atoms with Crippen molar-refractivity contribution in [2.45, 2.75) is 65.8 Å². The van der Waals surface area contributed by atoms with Gasteiger partial charge in [-0.05, 0) is 43.9 Å². The molecule has 0 radical (unpaired) electrons. The van der Waals surface area contributed by atoms with Crippen LogP contribution in [0, 0.1) is 5.92 Å². The molecule has 8 heteroatoms. The van der Waals surface area contributed by atoms with E-state index in [0.29, 0.717) is 18.7 Å². The molecule has 4 unspecified atom stereocenters. The van der Waals surface area contributed by atoms with Crippen LogP contribution in [0.5, 0.6) is 11.5 Å². The van der Waals surface area contributed by atoms with Crippen LogP contribution >= 0.6 is 0 Å². The number of carbonyl (C=O) groups is 2. The largest absolute Gasteiger partial charge is 0.454 e. The minimum absolute atomic E-state index is 0.0146. The molecule has 0 saturated carbocycles. The molecule has 0 aromatic heterocycles. The number of amides is 1. The van der Waals surface area contributed by atoms with E-state index in [1.54, 1.807) is 4.90 Å². The Balaban J connectivity index is 1.90. The Bertz CT molecular complexity index is 710. The highest BCUT2D eigenvalue weighted by Gasteiger charge is 2.27. The second-order valence-corrected chi connectivity index (χ2v) is 7.33. The molecular weight excluding hydrogens is 376 g/mol. The third kappa shape index (κ3) is 6.00. The van der Waals surface area contributed by atoms with Gasteiger partial charge in [0.1, 0.15) is 6.04 Å². The summed E-state index contributed by atoms with van der Waals surface area (Å²) in [5, 5.41) is 0. The molecule has 0 aliphatic carbocycles. The first-order valence-electron chi connectivity index (χ1n) is 10.1. The normalized spacial score (nSPS) is 16.5. The van der Waals surface area contributed by atoms with Crippen molar-refractivity contribution in [2.75, 3.05) is 13.3 Å². The maximum absolute atomic E-state index is 12.6. The average molecular weight is 408 g/mol. The maximum Gasteiger partial charge on any atom is 0.413 e. The molecule has 1 aliphatic rings. The van der Waals surface area contributed by atoms with Gasteiger partial charge in [-0.15, -0.1) is 0 Å². The lowest BCUT2D eigenvalue weighted by atomic mass is 10.0. The van der Waals surface area contributed by atoms with Gasteiger partial charge >= 0.3 is 12.1 Å². The molecular formula is C21H32N2O6. The topological polar surface area (TPSA) is 100 Å². The van der Waals surface area contributed by atoms with Gasteiger partial charge in [-0.2, -0.15) is 0 Å². The summed E-state index contributed by atoms with van der Waals surface area (Å²) < 4.78 is 21.2. The van der Waals surface area contributed by atoms with Crippen molar-refractivity contribution in [1.29, 1.82) is 0 Å². The number of ether oxygens (including phenoxy) is 4. The molecule has 2 rings (SSSR count). The minimum atomic E-state index is -1.02. The van der Waals surface area contributed by atoms with Gasteiger partial charge in [0.05, 0.1) is 0 Å². The van der Waals surface area contributed by atoms with Gasteiger partial charge in [0, 0.05) is 19.5 Å². The van der Waals surface area contributed by atoms with E-state index in [0.717, 1.165) is 17.7 Å². The average Bonchev–Trinajstić information content (AvgIpc) is 3.14. The highest BCUT2D eigenvalue weighted by Crippen LogP contribution is 2.33. The van der Waals surface area contributed by atoms with Crippen molar-refractivity contribution in [3.63, 3.8) is 0 Å². The van der Waals surface area contributed by atoms with Crippen LogP contribution in [0.4, 0.5) is 4.79 Å². The molecule has 4 atom stereocenters. The number of rotatable bonds is 9. The Hall–Kier alpha value is -2.48. The third-order valence-electron chi connectivity index (χ3n) is 5.15. The molecule has 0 spiro atoms. The number of benzene rings is 1. The molecule has 1 aromatic carbocycles. The summed E-state index contributed by atoms with van der Waals surface area (Å²) in [5.74, 6) is 0.841. The molecule has 162 valence electrons.